The lowest BCUT2D eigenvalue weighted by atomic mass is 9.96. The Morgan fingerprint density at radius 3 is 2.52 bits per heavy atom. The predicted molar refractivity (Wildman–Crippen MR) is 143 cm³/mol. The Hall–Kier alpha value is -4.26. The third kappa shape index (κ3) is 7.44. The number of nitrogens with one attached hydrogen (secondary N) is 3. The van der Waals surface area contributed by atoms with Crippen LogP contribution in [0.4, 0.5) is 16.0 Å². The van der Waals surface area contributed by atoms with E-state index in [0.717, 1.165) is 7.11 Å². The molecule has 0 radical (unpaired) electrons. The van der Waals surface area contributed by atoms with E-state index in [4.69, 9.17) is 0 Å². The van der Waals surface area contributed by atoms with Gasteiger partial charge in [0.05, 0.1) is 26.1 Å². The zero-order valence-corrected chi connectivity index (χ0v) is 23.0. The average molecular weight is 560 g/mol. The number of carbonyl (C=O) groups is 4. The van der Waals surface area contributed by atoms with Crippen LogP contribution in [0.25, 0.3) is 0 Å². The molecule has 0 saturated carbocycles. The topological polar surface area (TPSA) is 162 Å². The number of halogens is 1. The minimum Gasteiger partial charge on any atom is -0.469 e. The summed E-state index contributed by atoms with van der Waals surface area (Å²) >= 11 is 0. The van der Waals surface area contributed by atoms with Crippen molar-refractivity contribution in [2.24, 2.45) is 10.4 Å². The molecule has 1 unspecified atom stereocenters. The maximum Gasteiger partial charge on any atom is 0.328 e. The predicted octanol–water partition coefficient (Wildman–Crippen LogP) is 2.57. The van der Waals surface area contributed by atoms with Gasteiger partial charge in [-0.25, -0.2) is 14.2 Å². The van der Waals surface area contributed by atoms with Crippen LogP contribution >= 0.6 is 0 Å². The summed E-state index contributed by atoms with van der Waals surface area (Å²) in [5, 5.41) is 16.0. The second-order valence-corrected chi connectivity index (χ2v) is 10.3. The largest absolute Gasteiger partial charge is 0.469 e. The third-order valence-corrected chi connectivity index (χ3v) is 6.28. The number of esters is 2. The Morgan fingerprint density at radius 1 is 1.18 bits per heavy atom. The van der Waals surface area contributed by atoms with Gasteiger partial charge >= 0.3 is 11.9 Å². The molecule has 1 aromatic heterocycles. The van der Waals surface area contributed by atoms with Gasteiger partial charge in [-0.2, -0.15) is 0 Å². The zero-order chi connectivity index (χ0) is 29.6. The van der Waals surface area contributed by atoms with E-state index in [2.05, 4.69) is 30.1 Å². The van der Waals surface area contributed by atoms with Gasteiger partial charge in [-0.1, -0.05) is 26.8 Å². The first-order valence-electron chi connectivity index (χ1n) is 12.6. The lowest BCUT2D eigenvalue weighted by molar-refractivity contribution is -0.144. The van der Waals surface area contributed by atoms with Crippen molar-refractivity contribution in [3.05, 3.63) is 46.8 Å². The fraction of sp³-hybridized carbons (Fsp3) is 0.444. The minimum atomic E-state index is -1.16. The number of rotatable bonds is 10. The highest BCUT2D eigenvalue weighted by molar-refractivity contribution is 5.97. The number of ether oxygens (including phenoxy) is 2. The summed E-state index contributed by atoms with van der Waals surface area (Å²) in [6.07, 6.45) is 0.523. The van der Waals surface area contributed by atoms with Crippen molar-refractivity contribution in [1.82, 2.24) is 15.2 Å². The van der Waals surface area contributed by atoms with Gasteiger partial charge in [-0.05, 0) is 36.6 Å². The van der Waals surface area contributed by atoms with Gasteiger partial charge in [0.2, 0.25) is 5.91 Å². The number of methoxy groups -OCH3 is 2. The highest BCUT2D eigenvalue weighted by Gasteiger charge is 2.28. The molecule has 0 saturated heterocycles. The summed E-state index contributed by atoms with van der Waals surface area (Å²) in [4.78, 5) is 57.2. The molecule has 216 valence electrons. The monoisotopic (exact) mass is 559 g/mol. The van der Waals surface area contributed by atoms with E-state index in [1.807, 2.05) is 0 Å². The molecule has 0 aliphatic carbocycles. The molecule has 1 aliphatic rings. The fourth-order valence-corrected chi connectivity index (χ4v) is 3.84. The fourth-order valence-electron chi connectivity index (χ4n) is 3.84. The van der Waals surface area contributed by atoms with E-state index in [9.17, 15) is 28.7 Å². The Balaban J connectivity index is 1.61. The van der Waals surface area contributed by atoms with Crippen LogP contribution in [0.3, 0.4) is 0 Å². The summed E-state index contributed by atoms with van der Waals surface area (Å²) < 4.78 is 24.1. The highest BCUT2D eigenvalue weighted by atomic mass is 19.1. The number of nitrogens with zero attached hydrogens (tertiary/aromatic N) is 2. The van der Waals surface area contributed by atoms with Gasteiger partial charge < -0.3 is 35.1 Å². The molecule has 12 nitrogen and oxygen atoms in total. The molecule has 4 N–H and O–H groups in total. The van der Waals surface area contributed by atoms with Crippen LogP contribution in [-0.4, -0.2) is 71.9 Å². The number of aliphatic hydroxyl groups is 1. The van der Waals surface area contributed by atoms with Crippen LogP contribution < -0.4 is 10.6 Å². The molecule has 13 heteroatoms. The first-order valence-corrected chi connectivity index (χ1v) is 12.6. The normalized spacial score (nSPS) is 15.2. The average Bonchev–Trinajstić information content (AvgIpc) is 3.32. The van der Waals surface area contributed by atoms with E-state index in [-0.39, 0.29) is 30.9 Å². The summed E-state index contributed by atoms with van der Waals surface area (Å²) in [5.74, 6) is -2.33. The number of aliphatic imine (C=N–C) groups is 1. The molecule has 3 rings (SSSR count). The number of hydrogen-bond donors (Lipinski definition) is 4. The quantitative estimate of drug-likeness (QED) is 0.323. The number of benzene rings is 1. The Bertz CT molecular complexity index is 1300. The summed E-state index contributed by atoms with van der Waals surface area (Å²) in [5.41, 5.74) is 0.163. The number of aromatic amines is 1. The second-order valence-electron chi connectivity index (χ2n) is 10.3. The Labute approximate surface area is 230 Å². The number of anilines is 1. The number of carbonyl (C=O) groups excluding carboxylic acids is 4. The minimum absolute atomic E-state index is 0.0716. The zero-order valence-electron chi connectivity index (χ0n) is 23.0. The lowest BCUT2D eigenvalue weighted by Gasteiger charge is -2.28. The van der Waals surface area contributed by atoms with Gasteiger partial charge in [-0.3, -0.25) is 14.4 Å². The van der Waals surface area contributed by atoms with Crippen molar-refractivity contribution in [2.45, 2.75) is 52.3 Å². The number of amides is 2. The van der Waals surface area contributed by atoms with Crippen LogP contribution in [0, 0.1) is 11.2 Å². The third-order valence-electron chi connectivity index (χ3n) is 6.28. The van der Waals surface area contributed by atoms with Crippen LogP contribution in [0.2, 0.25) is 0 Å². The van der Waals surface area contributed by atoms with E-state index in [1.165, 1.54) is 25.6 Å². The molecule has 0 bridgehead atoms. The molecule has 1 aromatic carbocycles. The molecule has 1 aliphatic heterocycles. The molecule has 2 amide bonds. The standard InChI is InChI=1S/C27H34FN5O7/c1-27(2,3)26(38)32-20-13-17-22(31-20)29-14-33(24(17)36)11-10-15-6-7-16(18(28)12-15)23(35)30-19(25(37)40-5)8-9-21(34)39-4/h6-7,12-14,19,24,31,36H,8-11H2,1-5H3,(H,30,35)(H,32,38)/t19-,24?/m1/s1. The molecule has 2 atom stereocenters. The smallest absolute Gasteiger partial charge is 0.328 e. The van der Waals surface area contributed by atoms with Gasteiger partial charge in [0, 0.05) is 23.9 Å². The molecule has 2 heterocycles. The number of H-pyrrole nitrogens is 1. The van der Waals surface area contributed by atoms with Crippen molar-refractivity contribution in [1.29, 1.82) is 0 Å². The lowest BCUT2D eigenvalue weighted by Crippen LogP contribution is -2.42. The van der Waals surface area contributed by atoms with Gasteiger partial charge in [0.25, 0.3) is 5.91 Å². The SMILES string of the molecule is COC(=O)CC[C@@H](NC(=O)c1ccc(CCN2C=Nc3[nH]c(NC(=O)C(C)(C)C)cc3C2O)cc1F)C(=O)OC. The summed E-state index contributed by atoms with van der Waals surface area (Å²) in [6.45, 7) is 5.64. The Morgan fingerprint density at radius 2 is 1.90 bits per heavy atom. The van der Waals surface area contributed by atoms with Crippen LogP contribution in [0.1, 0.15) is 61.3 Å². The number of aliphatic hydroxyl groups excluding tert-OH is 1. The van der Waals surface area contributed by atoms with Gasteiger partial charge in [0.15, 0.2) is 6.23 Å². The molecular formula is C27H34FN5O7. The van der Waals surface area contributed by atoms with Crippen LogP contribution in [-0.2, 0) is 30.3 Å². The molecule has 0 spiro atoms. The first kappa shape index (κ1) is 30.3. The maximum atomic E-state index is 14.9. The van der Waals surface area contributed by atoms with Crippen molar-refractivity contribution in [2.75, 3.05) is 26.1 Å². The molecule has 2 aromatic rings. The van der Waals surface area contributed by atoms with E-state index >= 15 is 0 Å². The van der Waals surface area contributed by atoms with Crippen LogP contribution in [0.5, 0.6) is 0 Å². The first-order chi connectivity index (χ1) is 18.8. The number of hydrogen-bond acceptors (Lipinski definition) is 9. The maximum absolute atomic E-state index is 14.9. The van der Waals surface area contributed by atoms with Crippen molar-refractivity contribution < 1.29 is 38.1 Å². The molecule has 40 heavy (non-hydrogen) atoms. The second kappa shape index (κ2) is 12.7. The number of fused-ring (bicyclic) bond motifs is 1. The van der Waals surface area contributed by atoms with Gasteiger partial charge in [0.1, 0.15) is 23.5 Å². The molecular weight excluding hydrogens is 525 g/mol. The van der Waals surface area contributed by atoms with E-state index in [0.29, 0.717) is 29.2 Å². The van der Waals surface area contributed by atoms with Gasteiger partial charge in [-0.15, -0.1) is 0 Å². The molecule has 0 fully saturated rings. The van der Waals surface area contributed by atoms with Crippen molar-refractivity contribution in [3.63, 3.8) is 0 Å². The van der Waals surface area contributed by atoms with Crippen molar-refractivity contribution in [3.8, 4) is 0 Å². The highest BCUT2D eigenvalue weighted by Crippen LogP contribution is 2.34. The summed E-state index contributed by atoms with van der Waals surface area (Å²) in [7, 11) is 2.34. The van der Waals surface area contributed by atoms with Crippen molar-refractivity contribution >= 4 is 41.7 Å². The van der Waals surface area contributed by atoms with Crippen LogP contribution in [0.15, 0.2) is 29.3 Å². The van der Waals surface area contributed by atoms with E-state index < -0.39 is 41.3 Å². The number of aromatic nitrogens is 1. The van der Waals surface area contributed by atoms with E-state index in [1.54, 1.807) is 37.8 Å². The summed E-state index contributed by atoms with van der Waals surface area (Å²) in [6, 6.07) is 4.52. The Kier molecular flexibility index (Phi) is 9.64.